The van der Waals surface area contributed by atoms with E-state index in [4.69, 9.17) is 11.6 Å². The van der Waals surface area contributed by atoms with Crippen molar-refractivity contribution in [3.63, 3.8) is 0 Å². The van der Waals surface area contributed by atoms with E-state index in [1.807, 2.05) is 13.8 Å². The van der Waals surface area contributed by atoms with E-state index in [1.165, 1.54) is 6.33 Å². The maximum atomic E-state index is 9.25. The van der Waals surface area contributed by atoms with Crippen LogP contribution < -0.4 is 5.32 Å². The molecule has 1 aromatic rings. The Balaban J connectivity index is 2.94. The highest BCUT2D eigenvalue weighted by Crippen LogP contribution is 2.28. The van der Waals surface area contributed by atoms with Crippen LogP contribution in [0.5, 0.6) is 0 Å². The maximum Gasteiger partial charge on any atom is 0.148 e. The zero-order chi connectivity index (χ0) is 11.5. The van der Waals surface area contributed by atoms with Crippen LogP contribution >= 0.6 is 27.5 Å². The summed E-state index contributed by atoms with van der Waals surface area (Å²) in [4.78, 5) is 7.88. The van der Waals surface area contributed by atoms with Crippen LogP contribution in [0.25, 0.3) is 0 Å². The molecule has 0 bridgehead atoms. The molecule has 6 heteroatoms. The van der Waals surface area contributed by atoms with Crippen molar-refractivity contribution >= 4 is 33.3 Å². The van der Waals surface area contributed by atoms with Crippen molar-refractivity contribution in [2.24, 2.45) is 0 Å². The third-order valence-electron chi connectivity index (χ3n) is 2.30. The Kier molecular flexibility index (Phi) is 4.31. The molecule has 1 aromatic heterocycles. The molecule has 0 amide bonds. The van der Waals surface area contributed by atoms with Gasteiger partial charge in [0.05, 0.1) is 16.6 Å². The van der Waals surface area contributed by atoms with Crippen LogP contribution in [0.4, 0.5) is 5.82 Å². The van der Waals surface area contributed by atoms with Gasteiger partial charge in [0.1, 0.15) is 17.3 Å². The smallest absolute Gasteiger partial charge is 0.148 e. The zero-order valence-electron chi connectivity index (χ0n) is 8.59. The summed E-state index contributed by atoms with van der Waals surface area (Å²) in [6.45, 7) is 3.92. The van der Waals surface area contributed by atoms with Crippen molar-refractivity contribution in [1.29, 1.82) is 0 Å². The molecule has 1 atom stereocenters. The number of nitrogens with one attached hydrogen (secondary N) is 1. The third-order valence-corrected chi connectivity index (χ3v) is 3.56. The van der Waals surface area contributed by atoms with Gasteiger partial charge in [-0.15, -0.1) is 0 Å². The van der Waals surface area contributed by atoms with Gasteiger partial charge < -0.3 is 10.4 Å². The Bertz CT molecular complexity index is 344. The number of hydrogen-bond donors (Lipinski definition) is 2. The summed E-state index contributed by atoms with van der Waals surface area (Å²) in [5, 5.41) is 12.7. The number of hydrogen-bond acceptors (Lipinski definition) is 4. The number of halogens is 2. The fourth-order valence-corrected chi connectivity index (χ4v) is 1.40. The van der Waals surface area contributed by atoms with Crippen LogP contribution in [0.15, 0.2) is 10.8 Å². The van der Waals surface area contributed by atoms with Crippen LogP contribution in [0.2, 0.25) is 5.15 Å². The highest BCUT2D eigenvalue weighted by Gasteiger charge is 2.22. The second kappa shape index (κ2) is 5.09. The van der Waals surface area contributed by atoms with Gasteiger partial charge in [0.15, 0.2) is 0 Å². The first kappa shape index (κ1) is 12.7. The number of aliphatic hydroxyl groups excluding tert-OH is 1. The average Bonchev–Trinajstić information content (AvgIpc) is 2.25. The maximum absolute atomic E-state index is 9.25. The molecular weight excluding hydrogens is 281 g/mol. The third kappa shape index (κ3) is 3.03. The molecule has 15 heavy (non-hydrogen) atoms. The lowest BCUT2D eigenvalue weighted by molar-refractivity contribution is 0.218. The number of rotatable bonds is 4. The predicted molar refractivity (Wildman–Crippen MR) is 64.1 cm³/mol. The lowest BCUT2D eigenvalue weighted by Gasteiger charge is -2.28. The summed E-state index contributed by atoms with van der Waals surface area (Å²) in [5.74, 6) is 0.591. The molecule has 4 nitrogen and oxygen atoms in total. The molecular formula is C9H13BrClN3O. The first-order valence-corrected chi connectivity index (χ1v) is 5.74. The monoisotopic (exact) mass is 293 g/mol. The van der Waals surface area contributed by atoms with Gasteiger partial charge >= 0.3 is 0 Å². The van der Waals surface area contributed by atoms with E-state index in [9.17, 15) is 5.11 Å². The molecule has 0 spiro atoms. The van der Waals surface area contributed by atoms with Crippen LogP contribution in [0, 0.1) is 0 Å². The average molecular weight is 295 g/mol. The summed E-state index contributed by atoms with van der Waals surface area (Å²) < 4.78 is 0.611. The molecule has 2 N–H and O–H groups in total. The van der Waals surface area contributed by atoms with Gasteiger partial charge in [-0.25, -0.2) is 9.97 Å². The fourth-order valence-electron chi connectivity index (χ4n) is 0.961. The first-order valence-electron chi connectivity index (χ1n) is 4.57. The van der Waals surface area contributed by atoms with Crippen molar-refractivity contribution in [3.05, 3.63) is 16.0 Å². The van der Waals surface area contributed by atoms with E-state index in [-0.39, 0.29) is 6.61 Å². The number of nitrogens with zero attached hydrogens (tertiary/aromatic N) is 2. The molecule has 0 aliphatic carbocycles. The minimum absolute atomic E-state index is 0.0254. The molecule has 0 aliphatic heterocycles. The quantitative estimate of drug-likeness (QED) is 0.838. The predicted octanol–water partition coefficient (Wildman–Crippen LogP) is 2.47. The normalized spacial score (nSPS) is 14.7. The molecule has 0 fully saturated rings. The Morgan fingerprint density at radius 2 is 2.27 bits per heavy atom. The van der Waals surface area contributed by atoms with Crippen LogP contribution in [0.3, 0.4) is 0 Å². The molecule has 0 saturated heterocycles. The van der Waals surface area contributed by atoms with Crippen LogP contribution in [-0.4, -0.2) is 27.2 Å². The van der Waals surface area contributed by atoms with Gasteiger partial charge in [-0.05, 0) is 29.3 Å². The van der Waals surface area contributed by atoms with Crippen LogP contribution in [0.1, 0.15) is 20.3 Å². The van der Waals surface area contributed by atoms with Gasteiger partial charge in [-0.3, -0.25) is 0 Å². The van der Waals surface area contributed by atoms with Gasteiger partial charge in [-0.2, -0.15) is 0 Å². The summed E-state index contributed by atoms with van der Waals surface area (Å²) in [7, 11) is 0. The molecule has 1 unspecified atom stereocenters. The van der Waals surface area contributed by atoms with Crippen molar-refractivity contribution in [1.82, 2.24) is 9.97 Å². The van der Waals surface area contributed by atoms with Crippen molar-refractivity contribution in [3.8, 4) is 0 Å². The Labute approximate surface area is 102 Å². The molecule has 84 valence electrons. The highest BCUT2D eigenvalue weighted by molar-refractivity contribution is 9.10. The standard InChI is InChI=1S/C9H13BrClN3O/c1-3-9(2,4-15)14-8-6(10)7(11)12-5-13-8/h5,15H,3-4H2,1-2H3,(H,12,13,14). The number of anilines is 1. The van der Waals surface area contributed by atoms with Crippen molar-refractivity contribution in [2.75, 3.05) is 11.9 Å². The Morgan fingerprint density at radius 1 is 1.60 bits per heavy atom. The van der Waals surface area contributed by atoms with E-state index in [0.29, 0.717) is 15.4 Å². The molecule has 1 rings (SSSR count). The minimum Gasteiger partial charge on any atom is -0.394 e. The van der Waals surface area contributed by atoms with Gasteiger partial charge in [-0.1, -0.05) is 18.5 Å². The molecule has 0 aromatic carbocycles. The summed E-state index contributed by atoms with van der Waals surface area (Å²) >= 11 is 9.12. The lowest BCUT2D eigenvalue weighted by Crippen LogP contribution is -2.38. The number of aromatic nitrogens is 2. The first-order chi connectivity index (χ1) is 7.02. The van der Waals surface area contributed by atoms with E-state index in [1.54, 1.807) is 0 Å². The van der Waals surface area contributed by atoms with Crippen molar-refractivity contribution < 1.29 is 5.11 Å². The second-order valence-corrected chi connectivity index (χ2v) is 4.68. The molecule has 0 saturated carbocycles. The van der Waals surface area contributed by atoms with E-state index in [0.717, 1.165) is 6.42 Å². The summed E-state index contributed by atoms with van der Waals surface area (Å²) in [6, 6.07) is 0. The number of aliphatic hydroxyl groups is 1. The highest BCUT2D eigenvalue weighted by atomic mass is 79.9. The summed E-state index contributed by atoms with van der Waals surface area (Å²) in [6.07, 6.45) is 2.15. The van der Waals surface area contributed by atoms with E-state index >= 15 is 0 Å². The molecule has 0 aliphatic rings. The minimum atomic E-state index is -0.403. The van der Waals surface area contributed by atoms with Gasteiger partial charge in [0, 0.05) is 0 Å². The summed E-state index contributed by atoms with van der Waals surface area (Å²) in [5.41, 5.74) is -0.403. The fraction of sp³-hybridized carbons (Fsp3) is 0.556. The van der Waals surface area contributed by atoms with Gasteiger partial charge in [0.2, 0.25) is 0 Å². The topological polar surface area (TPSA) is 58.0 Å². The van der Waals surface area contributed by atoms with Crippen molar-refractivity contribution in [2.45, 2.75) is 25.8 Å². The molecule has 0 radical (unpaired) electrons. The lowest BCUT2D eigenvalue weighted by atomic mass is 10.0. The van der Waals surface area contributed by atoms with Gasteiger partial charge in [0.25, 0.3) is 0 Å². The zero-order valence-corrected chi connectivity index (χ0v) is 10.9. The van der Waals surface area contributed by atoms with E-state index in [2.05, 4.69) is 31.2 Å². The van der Waals surface area contributed by atoms with E-state index < -0.39 is 5.54 Å². The largest absolute Gasteiger partial charge is 0.394 e. The second-order valence-electron chi connectivity index (χ2n) is 3.52. The Hall–Kier alpha value is -0.390. The molecule has 1 heterocycles. The Morgan fingerprint density at radius 3 is 2.80 bits per heavy atom. The SMILES string of the molecule is CCC(C)(CO)Nc1ncnc(Cl)c1Br. The van der Waals surface area contributed by atoms with Crippen LogP contribution in [-0.2, 0) is 0 Å².